The molecule has 0 heterocycles. The van der Waals surface area contributed by atoms with Crippen molar-refractivity contribution in [2.75, 3.05) is 5.32 Å². The van der Waals surface area contributed by atoms with Gasteiger partial charge >= 0.3 is 5.97 Å². The molecule has 1 unspecified atom stereocenters. The monoisotopic (exact) mass is 343 g/mol. The lowest BCUT2D eigenvalue weighted by atomic mass is 10.0. The van der Waals surface area contributed by atoms with E-state index in [0.29, 0.717) is 6.42 Å². The molecule has 0 aliphatic heterocycles. The number of carboxylic acid groups (broad SMARTS) is 1. The Labute approximate surface area is 148 Å². The SMILES string of the molecule is Cc1cc(C)c(N/C=C(/C#N)C(=O)NC(CC(C)C)C(=O)O)c(C)c1. The molecule has 1 aromatic rings. The van der Waals surface area contributed by atoms with Crippen LogP contribution in [0.25, 0.3) is 0 Å². The fraction of sp³-hybridized carbons (Fsp3) is 0.421. The first-order chi connectivity index (χ1) is 11.6. The molecule has 6 nitrogen and oxygen atoms in total. The van der Waals surface area contributed by atoms with E-state index < -0.39 is 17.9 Å². The van der Waals surface area contributed by atoms with Crippen molar-refractivity contribution < 1.29 is 14.7 Å². The third-order valence-corrected chi connectivity index (χ3v) is 3.71. The second-order valence-corrected chi connectivity index (χ2v) is 6.58. The van der Waals surface area contributed by atoms with Crippen LogP contribution in [0.5, 0.6) is 0 Å². The van der Waals surface area contributed by atoms with Gasteiger partial charge in [-0.15, -0.1) is 0 Å². The zero-order valence-electron chi connectivity index (χ0n) is 15.3. The standard InChI is InChI=1S/C19H25N3O3/c1-11(2)6-16(19(24)25)22-18(23)15(9-20)10-21-17-13(4)7-12(3)8-14(17)5/h7-8,10-11,16,21H,6H2,1-5H3,(H,22,23)(H,24,25)/b15-10-. The first-order valence-corrected chi connectivity index (χ1v) is 8.14. The van der Waals surface area contributed by atoms with Crippen LogP contribution in [0.15, 0.2) is 23.9 Å². The Morgan fingerprint density at radius 1 is 1.24 bits per heavy atom. The number of nitrogens with zero attached hydrogens (tertiary/aromatic N) is 1. The quantitative estimate of drug-likeness (QED) is 0.522. The maximum atomic E-state index is 12.2. The summed E-state index contributed by atoms with van der Waals surface area (Å²) >= 11 is 0. The van der Waals surface area contributed by atoms with E-state index in [9.17, 15) is 20.0 Å². The molecule has 0 bridgehead atoms. The molecule has 1 amide bonds. The minimum atomic E-state index is -1.11. The number of nitriles is 1. The number of benzene rings is 1. The van der Waals surface area contributed by atoms with Gasteiger partial charge in [-0.3, -0.25) is 4.79 Å². The molecule has 25 heavy (non-hydrogen) atoms. The summed E-state index contributed by atoms with van der Waals surface area (Å²) in [5, 5.41) is 23.8. The van der Waals surface area contributed by atoms with Gasteiger partial charge in [0.2, 0.25) is 0 Å². The minimum Gasteiger partial charge on any atom is -0.480 e. The molecule has 134 valence electrons. The molecule has 3 N–H and O–H groups in total. The summed E-state index contributed by atoms with van der Waals surface area (Å²) in [5.41, 5.74) is 3.77. The molecule has 0 fully saturated rings. The number of carboxylic acids is 1. The number of aryl methyl sites for hydroxylation is 3. The summed E-state index contributed by atoms with van der Waals surface area (Å²) in [4.78, 5) is 23.5. The van der Waals surface area contributed by atoms with E-state index in [-0.39, 0.29) is 11.5 Å². The lowest BCUT2D eigenvalue weighted by molar-refractivity contribution is -0.141. The highest BCUT2D eigenvalue weighted by Gasteiger charge is 2.22. The molecule has 0 saturated heterocycles. The maximum absolute atomic E-state index is 12.2. The molecule has 0 aromatic heterocycles. The zero-order valence-corrected chi connectivity index (χ0v) is 15.3. The van der Waals surface area contributed by atoms with Gasteiger partial charge in [0.1, 0.15) is 17.7 Å². The third kappa shape index (κ3) is 5.96. The summed E-state index contributed by atoms with van der Waals surface area (Å²) in [6.07, 6.45) is 1.61. The van der Waals surface area contributed by atoms with Gasteiger partial charge in [0.15, 0.2) is 0 Å². The fourth-order valence-corrected chi connectivity index (χ4v) is 2.63. The van der Waals surface area contributed by atoms with Gasteiger partial charge in [-0.25, -0.2) is 4.79 Å². The van der Waals surface area contributed by atoms with Gasteiger partial charge in [-0.2, -0.15) is 5.26 Å². The van der Waals surface area contributed by atoms with Gasteiger partial charge in [-0.1, -0.05) is 31.5 Å². The third-order valence-electron chi connectivity index (χ3n) is 3.71. The minimum absolute atomic E-state index is 0.104. The lowest BCUT2D eigenvalue weighted by Crippen LogP contribution is -2.42. The molecule has 0 aliphatic carbocycles. The summed E-state index contributed by atoms with van der Waals surface area (Å²) in [5.74, 6) is -1.71. The van der Waals surface area contributed by atoms with Crippen LogP contribution in [0, 0.1) is 38.0 Å². The predicted octanol–water partition coefficient (Wildman–Crippen LogP) is 3.05. The van der Waals surface area contributed by atoms with Crippen LogP contribution in [-0.2, 0) is 9.59 Å². The van der Waals surface area contributed by atoms with Crippen LogP contribution in [0.4, 0.5) is 5.69 Å². The van der Waals surface area contributed by atoms with E-state index in [1.807, 2.05) is 52.8 Å². The van der Waals surface area contributed by atoms with E-state index in [1.54, 1.807) is 0 Å². The average molecular weight is 343 g/mol. The second-order valence-electron chi connectivity index (χ2n) is 6.58. The van der Waals surface area contributed by atoms with Gasteiger partial charge in [-0.05, 0) is 44.2 Å². The second kappa shape index (κ2) is 8.88. The molecule has 0 saturated carbocycles. The Hall–Kier alpha value is -2.81. The topological polar surface area (TPSA) is 102 Å². The van der Waals surface area contributed by atoms with Crippen LogP contribution < -0.4 is 10.6 Å². The van der Waals surface area contributed by atoms with Crippen LogP contribution in [-0.4, -0.2) is 23.0 Å². The molecule has 6 heteroatoms. The maximum Gasteiger partial charge on any atom is 0.326 e. The highest BCUT2D eigenvalue weighted by Crippen LogP contribution is 2.22. The van der Waals surface area contributed by atoms with E-state index in [4.69, 9.17) is 0 Å². The Bertz CT molecular complexity index is 707. The molecule has 0 aliphatic rings. The van der Waals surface area contributed by atoms with Crippen molar-refractivity contribution in [3.63, 3.8) is 0 Å². The smallest absolute Gasteiger partial charge is 0.326 e. The summed E-state index contributed by atoms with van der Waals surface area (Å²) in [6.45, 7) is 9.60. The number of nitrogens with one attached hydrogen (secondary N) is 2. The van der Waals surface area contributed by atoms with E-state index in [0.717, 1.165) is 22.4 Å². The number of aliphatic carboxylic acids is 1. The van der Waals surface area contributed by atoms with Gasteiger partial charge in [0.05, 0.1) is 0 Å². The van der Waals surface area contributed by atoms with Gasteiger partial charge in [0.25, 0.3) is 5.91 Å². The molecular formula is C19H25N3O3. The van der Waals surface area contributed by atoms with Gasteiger partial charge in [0, 0.05) is 11.9 Å². The summed E-state index contributed by atoms with van der Waals surface area (Å²) in [6, 6.07) is 4.79. The molecule has 1 aromatic carbocycles. The first kappa shape index (κ1) is 20.2. The van der Waals surface area contributed by atoms with Crippen LogP contribution in [0.1, 0.15) is 37.0 Å². The summed E-state index contributed by atoms with van der Waals surface area (Å²) < 4.78 is 0. The Morgan fingerprint density at radius 2 is 1.80 bits per heavy atom. The zero-order chi connectivity index (χ0) is 19.1. The van der Waals surface area contributed by atoms with Crippen molar-refractivity contribution in [3.8, 4) is 6.07 Å². The summed E-state index contributed by atoms with van der Waals surface area (Å²) in [7, 11) is 0. The predicted molar refractivity (Wildman–Crippen MR) is 97.0 cm³/mol. The Morgan fingerprint density at radius 3 is 2.24 bits per heavy atom. The number of hydrogen-bond donors (Lipinski definition) is 3. The molecule has 0 spiro atoms. The molecule has 1 rings (SSSR count). The molecular weight excluding hydrogens is 318 g/mol. The van der Waals surface area contributed by atoms with Gasteiger partial charge < -0.3 is 15.7 Å². The van der Waals surface area contributed by atoms with E-state index in [2.05, 4.69) is 10.6 Å². The number of rotatable bonds is 7. The number of carbonyl (C=O) groups is 2. The Balaban J connectivity index is 2.94. The average Bonchev–Trinajstić information content (AvgIpc) is 2.48. The lowest BCUT2D eigenvalue weighted by Gasteiger charge is -2.16. The number of hydrogen-bond acceptors (Lipinski definition) is 4. The van der Waals surface area contributed by atoms with Crippen molar-refractivity contribution in [2.24, 2.45) is 5.92 Å². The highest BCUT2D eigenvalue weighted by molar-refractivity contribution is 5.99. The highest BCUT2D eigenvalue weighted by atomic mass is 16.4. The normalized spacial score (nSPS) is 12.4. The first-order valence-electron chi connectivity index (χ1n) is 8.14. The van der Waals surface area contributed by atoms with Crippen molar-refractivity contribution >= 4 is 17.6 Å². The number of carbonyl (C=O) groups excluding carboxylic acids is 1. The van der Waals surface area contributed by atoms with E-state index >= 15 is 0 Å². The van der Waals surface area contributed by atoms with Crippen molar-refractivity contribution in [1.82, 2.24) is 5.32 Å². The molecule has 0 radical (unpaired) electrons. The Kier molecular flexibility index (Phi) is 7.19. The van der Waals surface area contributed by atoms with E-state index in [1.165, 1.54) is 6.20 Å². The van der Waals surface area contributed by atoms with Crippen LogP contribution >= 0.6 is 0 Å². The number of anilines is 1. The largest absolute Gasteiger partial charge is 0.480 e. The number of amides is 1. The van der Waals surface area contributed by atoms with Crippen molar-refractivity contribution in [1.29, 1.82) is 5.26 Å². The van der Waals surface area contributed by atoms with Crippen LogP contribution in [0.3, 0.4) is 0 Å². The van der Waals surface area contributed by atoms with Crippen LogP contribution in [0.2, 0.25) is 0 Å². The van der Waals surface area contributed by atoms with Crippen molar-refractivity contribution in [2.45, 2.75) is 47.1 Å². The van der Waals surface area contributed by atoms with Crippen molar-refractivity contribution in [3.05, 3.63) is 40.6 Å². The molecule has 1 atom stereocenters. The fourth-order valence-electron chi connectivity index (χ4n) is 2.63.